The molecule has 2 heterocycles. The summed E-state index contributed by atoms with van der Waals surface area (Å²) in [6.07, 6.45) is 0. The first-order valence-electron chi connectivity index (χ1n) is 7.17. The Kier molecular flexibility index (Phi) is 6.15. The molecule has 1 aromatic carbocycles. The average Bonchev–Trinajstić information content (AvgIpc) is 3.00. The van der Waals surface area contributed by atoms with Crippen molar-refractivity contribution in [2.24, 2.45) is 5.92 Å². The maximum Gasteiger partial charge on any atom is 0.265 e. The Bertz CT molecular complexity index is 672. The highest BCUT2D eigenvalue weighted by molar-refractivity contribution is 7.12. The van der Waals surface area contributed by atoms with E-state index in [1.807, 2.05) is 11.4 Å². The average molecular weight is 352 g/mol. The van der Waals surface area contributed by atoms with Crippen LogP contribution in [0, 0.1) is 5.92 Å². The zero-order chi connectivity index (χ0) is 15.4. The lowest BCUT2D eigenvalue weighted by atomic mass is 10.0. The van der Waals surface area contributed by atoms with Crippen LogP contribution in [-0.4, -0.2) is 31.4 Å². The summed E-state index contributed by atoms with van der Waals surface area (Å²) < 4.78 is 0. The molecule has 23 heavy (non-hydrogen) atoms. The number of anilines is 1. The number of carbonyl (C=O) groups is 2. The van der Waals surface area contributed by atoms with Gasteiger partial charge in [0.15, 0.2) is 0 Å². The number of amides is 2. The molecule has 1 aliphatic rings. The monoisotopic (exact) mass is 351 g/mol. The first kappa shape index (κ1) is 17.5. The molecule has 0 aliphatic carbocycles. The highest BCUT2D eigenvalue weighted by atomic mass is 35.5. The number of carbonyl (C=O) groups excluding carboxylic acids is 2. The first-order chi connectivity index (χ1) is 10.7. The van der Waals surface area contributed by atoms with E-state index in [1.54, 1.807) is 30.3 Å². The van der Waals surface area contributed by atoms with Gasteiger partial charge in [-0.05, 0) is 23.6 Å². The van der Waals surface area contributed by atoms with Crippen molar-refractivity contribution in [3.8, 4) is 0 Å². The van der Waals surface area contributed by atoms with Crippen LogP contribution in [-0.2, 0) is 0 Å². The van der Waals surface area contributed by atoms with Crippen molar-refractivity contribution in [1.29, 1.82) is 0 Å². The predicted octanol–water partition coefficient (Wildman–Crippen LogP) is 2.37. The van der Waals surface area contributed by atoms with Crippen molar-refractivity contribution in [2.75, 3.05) is 25.0 Å². The van der Waals surface area contributed by atoms with Gasteiger partial charge in [0.1, 0.15) is 0 Å². The van der Waals surface area contributed by atoms with E-state index in [2.05, 4.69) is 16.0 Å². The molecular weight excluding hydrogens is 334 g/mol. The van der Waals surface area contributed by atoms with Gasteiger partial charge in [0.2, 0.25) is 0 Å². The second-order valence-electron chi connectivity index (χ2n) is 5.21. The molecule has 3 rings (SSSR count). The maximum atomic E-state index is 12.3. The number of para-hydroxylation sites is 1. The molecule has 3 N–H and O–H groups in total. The normalized spacial score (nSPS) is 13.6. The highest BCUT2D eigenvalue weighted by Gasteiger charge is 2.19. The van der Waals surface area contributed by atoms with Crippen LogP contribution in [0.15, 0.2) is 41.8 Å². The molecule has 0 bridgehead atoms. The van der Waals surface area contributed by atoms with Gasteiger partial charge in [-0.15, -0.1) is 23.7 Å². The molecule has 0 saturated carbocycles. The molecule has 0 unspecified atom stereocenters. The lowest BCUT2D eigenvalue weighted by Crippen LogP contribution is -2.48. The number of nitrogens with one attached hydrogen (secondary N) is 3. The summed E-state index contributed by atoms with van der Waals surface area (Å²) in [6.45, 7) is 2.53. The Morgan fingerprint density at radius 1 is 1.13 bits per heavy atom. The minimum Gasteiger partial charge on any atom is -0.352 e. The molecule has 0 radical (unpaired) electrons. The Labute approximate surface area is 144 Å². The highest BCUT2D eigenvalue weighted by Crippen LogP contribution is 2.18. The largest absolute Gasteiger partial charge is 0.352 e. The molecule has 5 nitrogen and oxygen atoms in total. The quantitative estimate of drug-likeness (QED) is 0.774. The van der Waals surface area contributed by atoms with E-state index in [4.69, 9.17) is 0 Å². The van der Waals surface area contributed by atoms with Crippen molar-refractivity contribution >= 4 is 41.2 Å². The van der Waals surface area contributed by atoms with E-state index >= 15 is 0 Å². The molecule has 122 valence electrons. The lowest BCUT2D eigenvalue weighted by molar-refractivity contribution is 0.0943. The van der Waals surface area contributed by atoms with Gasteiger partial charge in [0, 0.05) is 25.6 Å². The standard InChI is InChI=1S/C16H17N3O2S.ClH/c20-15(18-10-11-8-17-9-11)12-4-1-2-5-13(12)19-16(21)14-6-3-7-22-14;/h1-7,11,17H,8-10H2,(H,18,20)(H,19,21);1H. The molecule has 1 aromatic heterocycles. The van der Waals surface area contributed by atoms with Crippen LogP contribution in [0.1, 0.15) is 20.0 Å². The van der Waals surface area contributed by atoms with Gasteiger partial charge in [0.25, 0.3) is 11.8 Å². The lowest BCUT2D eigenvalue weighted by Gasteiger charge is -2.27. The fraction of sp³-hybridized carbons (Fsp3) is 0.250. The summed E-state index contributed by atoms with van der Waals surface area (Å²) in [6, 6.07) is 10.6. The van der Waals surface area contributed by atoms with Gasteiger partial charge in [-0.1, -0.05) is 18.2 Å². The zero-order valence-corrected chi connectivity index (χ0v) is 14.0. The summed E-state index contributed by atoms with van der Waals surface area (Å²) in [5, 5.41) is 10.7. The SMILES string of the molecule is Cl.O=C(Nc1ccccc1C(=O)NCC1CNC1)c1cccs1. The molecule has 0 atom stereocenters. The van der Waals surface area contributed by atoms with Gasteiger partial charge in [-0.3, -0.25) is 9.59 Å². The van der Waals surface area contributed by atoms with Gasteiger partial charge < -0.3 is 16.0 Å². The Morgan fingerprint density at radius 2 is 1.91 bits per heavy atom. The smallest absolute Gasteiger partial charge is 0.265 e. The third-order valence-electron chi connectivity index (χ3n) is 3.58. The third-order valence-corrected chi connectivity index (χ3v) is 4.45. The number of rotatable bonds is 5. The van der Waals surface area contributed by atoms with E-state index in [9.17, 15) is 9.59 Å². The number of hydrogen-bond acceptors (Lipinski definition) is 4. The molecule has 1 saturated heterocycles. The van der Waals surface area contributed by atoms with E-state index in [0.717, 1.165) is 13.1 Å². The van der Waals surface area contributed by atoms with Crippen LogP contribution >= 0.6 is 23.7 Å². The van der Waals surface area contributed by atoms with Gasteiger partial charge in [-0.25, -0.2) is 0 Å². The van der Waals surface area contributed by atoms with Crippen LogP contribution in [0.25, 0.3) is 0 Å². The minimum atomic E-state index is -0.196. The fourth-order valence-corrected chi connectivity index (χ4v) is 2.83. The van der Waals surface area contributed by atoms with Crippen LogP contribution in [0.3, 0.4) is 0 Å². The van der Waals surface area contributed by atoms with E-state index in [1.165, 1.54) is 11.3 Å². The number of hydrogen-bond donors (Lipinski definition) is 3. The molecule has 2 aromatic rings. The van der Waals surface area contributed by atoms with Crippen molar-refractivity contribution in [3.05, 3.63) is 52.2 Å². The molecule has 1 aliphatic heterocycles. The Balaban J connectivity index is 0.00000192. The van der Waals surface area contributed by atoms with Crippen molar-refractivity contribution in [3.63, 3.8) is 0 Å². The maximum absolute atomic E-state index is 12.3. The second kappa shape index (κ2) is 8.10. The summed E-state index contributed by atoms with van der Waals surface area (Å²) in [4.78, 5) is 25.0. The predicted molar refractivity (Wildman–Crippen MR) is 94.7 cm³/mol. The number of thiophene rings is 1. The van der Waals surface area contributed by atoms with E-state index < -0.39 is 0 Å². The van der Waals surface area contributed by atoms with Crippen LogP contribution in [0.5, 0.6) is 0 Å². The summed E-state index contributed by atoms with van der Waals surface area (Å²) in [5.41, 5.74) is 1.02. The Hall–Kier alpha value is -1.89. The molecule has 0 spiro atoms. The van der Waals surface area contributed by atoms with Crippen LogP contribution in [0.4, 0.5) is 5.69 Å². The topological polar surface area (TPSA) is 70.2 Å². The minimum absolute atomic E-state index is 0. The van der Waals surface area contributed by atoms with Gasteiger partial charge in [-0.2, -0.15) is 0 Å². The van der Waals surface area contributed by atoms with Gasteiger partial charge in [0.05, 0.1) is 16.1 Å². The van der Waals surface area contributed by atoms with Crippen molar-refractivity contribution < 1.29 is 9.59 Å². The third kappa shape index (κ3) is 4.31. The van der Waals surface area contributed by atoms with Crippen molar-refractivity contribution in [2.45, 2.75) is 0 Å². The summed E-state index contributed by atoms with van der Waals surface area (Å²) >= 11 is 1.37. The van der Waals surface area contributed by atoms with Crippen molar-refractivity contribution in [1.82, 2.24) is 10.6 Å². The summed E-state index contributed by atoms with van der Waals surface area (Å²) in [7, 11) is 0. The fourth-order valence-electron chi connectivity index (χ4n) is 2.21. The first-order valence-corrected chi connectivity index (χ1v) is 8.05. The van der Waals surface area contributed by atoms with E-state index in [-0.39, 0.29) is 24.2 Å². The molecule has 2 amide bonds. The molecule has 1 fully saturated rings. The van der Waals surface area contributed by atoms with Crippen LogP contribution < -0.4 is 16.0 Å². The Morgan fingerprint density at radius 3 is 2.57 bits per heavy atom. The summed E-state index contributed by atoms with van der Waals surface area (Å²) in [5.74, 6) is 0.143. The second-order valence-corrected chi connectivity index (χ2v) is 6.16. The number of halogens is 1. The molecule has 7 heteroatoms. The van der Waals surface area contributed by atoms with Crippen LogP contribution in [0.2, 0.25) is 0 Å². The van der Waals surface area contributed by atoms with Gasteiger partial charge >= 0.3 is 0 Å². The van der Waals surface area contributed by atoms with E-state index in [0.29, 0.717) is 28.6 Å². The molecular formula is C16H18ClN3O2S. The number of benzene rings is 1. The zero-order valence-electron chi connectivity index (χ0n) is 12.4.